The molecule has 0 saturated heterocycles. The molecule has 0 aromatic heterocycles. The number of amides is 1. The van der Waals surface area contributed by atoms with Crippen LogP contribution in [0.3, 0.4) is 0 Å². The minimum atomic E-state index is -4.43. The molecule has 0 aromatic carbocycles. The van der Waals surface area contributed by atoms with E-state index in [1.54, 1.807) is 0 Å². The summed E-state index contributed by atoms with van der Waals surface area (Å²) in [5, 5.41) is 24.6. The number of carbonyl (C=O) groups excluding carboxylic acids is 1. The first-order valence-corrected chi connectivity index (χ1v) is 24.5. The maximum atomic E-state index is 12.9. The third kappa shape index (κ3) is 40.8. The first-order valence-electron chi connectivity index (χ1n) is 23.0. The van der Waals surface area contributed by atoms with E-state index >= 15 is 0 Å². The Bertz CT molecular complexity index is 1250. The SMILES string of the molecule is C/C=C/CC/C=C/CC/C=C/CCCC(O)C(O)C(COP(=O)(O)OCC[N+](C)(C)C)NC(=O)CCCCCCCCCCCC/C=C\C/C=C\C/C=C\C/C=C\CC. The van der Waals surface area contributed by atoms with E-state index < -0.39 is 32.7 Å². The second kappa shape index (κ2) is 39.8. The van der Waals surface area contributed by atoms with Crippen LogP contribution in [0, 0.1) is 0 Å². The third-order valence-electron chi connectivity index (χ3n) is 9.77. The highest BCUT2D eigenvalue weighted by Gasteiger charge is 2.31. The summed E-state index contributed by atoms with van der Waals surface area (Å²) < 4.78 is 23.5. The fourth-order valence-electron chi connectivity index (χ4n) is 6.11. The summed E-state index contributed by atoms with van der Waals surface area (Å²) in [5.74, 6) is -0.285. The molecule has 10 heteroatoms. The van der Waals surface area contributed by atoms with Gasteiger partial charge in [0, 0.05) is 6.42 Å². The molecular formula is C49H88N2O7P+. The van der Waals surface area contributed by atoms with Gasteiger partial charge in [0.25, 0.3) is 0 Å². The van der Waals surface area contributed by atoms with Crippen molar-refractivity contribution in [2.45, 2.75) is 180 Å². The molecular weight excluding hydrogens is 760 g/mol. The van der Waals surface area contributed by atoms with Crippen LogP contribution in [0.1, 0.15) is 162 Å². The van der Waals surface area contributed by atoms with Gasteiger partial charge in [-0.1, -0.05) is 143 Å². The van der Waals surface area contributed by atoms with E-state index in [4.69, 9.17) is 9.05 Å². The van der Waals surface area contributed by atoms with Crippen LogP contribution in [0.5, 0.6) is 0 Å². The summed E-state index contributed by atoms with van der Waals surface area (Å²) >= 11 is 0. The number of phosphoric ester groups is 1. The van der Waals surface area contributed by atoms with Gasteiger partial charge >= 0.3 is 7.82 Å². The highest BCUT2D eigenvalue weighted by Crippen LogP contribution is 2.43. The Hall–Kier alpha value is -2.36. The Kier molecular flexibility index (Phi) is 38.2. The molecule has 0 spiro atoms. The van der Waals surface area contributed by atoms with Gasteiger partial charge in [0.1, 0.15) is 19.3 Å². The molecule has 0 radical (unpaired) electrons. The Morgan fingerprint density at radius 3 is 1.63 bits per heavy atom. The van der Waals surface area contributed by atoms with E-state index in [0.717, 1.165) is 83.5 Å². The Labute approximate surface area is 361 Å². The standard InChI is InChI=1S/C49H87N2O7P/c1-6-8-10-12-14-16-18-20-21-22-23-24-25-26-27-28-29-30-32-34-36-38-40-42-48(53)50-46(45-58-59(55,56)57-44-43-51(3,4)5)49(54)47(52)41-39-37-35-33-31-19-17-15-13-11-9-7-2/h7-10,14-17,20-21,23-24,33,35,46-47,49,52,54H,6,11-13,18-19,22,25-32,34,36-45H2,1-5H3,(H-,50,53,55,56)/p+1/b9-7+,10-8-,16-14-,17-15+,21-20-,24-23-,35-33+. The smallest absolute Gasteiger partial charge is 0.390 e. The van der Waals surface area contributed by atoms with Gasteiger partial charge in [-0.25, -0.2) is 4.57 Å². The van der Waals surface area contributed by atoms with Crippen molar-refractivity contribution in [1.29, 1.82) is 0 Å². The summed E-state index contributed by atoms with van der Waals surface area (Å²) in [6.07, 6.45) is 50.9. The number of carbonyl (C=O) groups is 1. The lowest BCUT2D eigenvalue weighted by Crippen LogP contribution is -2.51. The minimum absolute atomic E-state index is 0.00704. The van der Waals surface area contributed by atoms with Crippen LogP contribution in [0.2, 0.25) is 0 Å². The van der Waals surface area contributed by atoms with Gasteiger partial charge in [-0.2, -0.15) is 0 Å². The number of likely N-dealkylation sites (N-methyl/N-ethyl adjacent to an activating group) is 1. The number of quaternary nitrogens is 1. The largest absolute Gasteiger partial charge is 0.472 e. The van der Waals surface area contributed by atoms with E-state index in [0.29, 0.717) is 30.3 Å². The van der Waals surface area contributed by atoms with Gasteiger partial charge in [0.2, 0.25) is 5.91 Å². The van der Waals surface area contributed by atoms with Crippen molar-refractivity contribution in [2.24, 2.45) is 0 Å². The Balaban J connectivity index is 4.44. The lowest BCUT2D eigenvalue weighted by atomic mass is 10.0. The predicted octanol–water partition coefficient (Wildman–Crippen LogP) is 11.9. The maximum absolute atomic E-state index is 12.9. The number of allylic oxidation sites excluding steroid dienone is 14. The van der Waals surface area contributed by atoms with Crippen molar-refractivity contribution >= 4 is 13.7 Å². The number of unbranched alkanes of at least 4 members (excludes halogenated alkanes) is 13. The number of phosphoric acid groups is 1. The second-order valence-electron chi connectivity index (χ2n) is 16.5. The summed E-state index contributed by atoms with van der Waals surface area (Å²) in [5.41, 5.74) is 0. The average Bonchev–Trinajstić information content (AvgIpc) is 3.19. The van der Waals surface area contributed by atoms with Crippen LogP contribution in [-0.4, -0.2) is 84.6 Å². The molecule has 0 rings (SSSR count). The fraction of sp³-hybridized carbons (Fsp3) is 0.694. The molecule has 9 nitrogen and oxygen atoms in total. The summed E-state index contributed by atoms with van der Waals surface area (Å²) in [6.45, 7) is 4.22. The molecule has 0 heterocycles. The van der Waals surface area contributed by atoms with Crippen molar-refractivity contribution < 1.29 is 38.0 Å². The van der Waals surface area contributed by atoms with Crippen LogP contribution in [-0.2, 0) is 18.4 Å². The Morgan fingerprint density at radius 2 is 1.08 bits per heavy atom. The summed E-state index contributed by atoms with van der Waals surface area (Å²) in [7, 11) is 1.39. The molecule has 0 aliphatic carbocycles. The molecule has 0 fully saturated rings. The molecule has 59 heavy (non-hydrogen) atoms. The average molecular weight is 848 g/mol. The maximum Gasteiger partial charge on any atom is 0.472 e. The van der Waals surface area contributed by atoms with Crippen LogP contribution < -0.4 is 5.32 Å². The van der Waals surface area contributed by atoms with Gasteiger partial charge in [-0.05, 0) is 96.8 Å². The monoisotopic (exact) mass is 848 g/mol. The summed E-state index contributed by atoms with van der Waals surface area (Å²) in [4.78, 5) is 23.2. The van der Waals surface area contributed by atoms with Gasteiger partial charge < -0.3 is 24.9 Å². The molecule has 4 atom stereocenters. The molecule has 0 bridgehead atoms. The lowest BCUT2D eigenvalue weighted by molar-refractivity contribution is -0.870. The molecule has 0 saturated carbocycles. The number of rotatable bonds is 40. The zero-order valence-corrected chi connectivity index (χ0v) is 39.0. The van der Waals surface area contributed by atoms with E-state index in [-0.39, 0.29) is 18.9 Å². The number of aliphatic hydroxyl groups excluding tert-OH is 2. The lowest BCUT2D eigenvalue weighted by Gasteiger charge is -2.28. The molecule has 0 aromatic rings. The van der Waals surface area contributed by atoms with Crippen LogP contribution in [0.25, 0.3) is 0 Å². The molecule has 4 unspecified atom stereocenters. The van der Waals surface area contributed by atoms with Crippen LogP contribution in [0.4, 0.5) is 0 Å². The molecule has 340 valence electrons. The number of aliphatic hydroxyl groups is 2. The van der Waals surface area contributed by atoms with Crippen LogP contribution in [0.15, 0.2) is 85.1 Å². The zero-order valence-electron chi connectivity index (χ0n) is 38.1. The van der Waals surface area contributed by atoms with E-state index in [2.05, 4.69) is 97.3 Å². The van der Waals surface area contributed by atoms with Gasteiger partial charge in [0.05, 0.1) is 39.9 Å². The van der Waals surface area contributed by atoms with Crippen molar-refractivity contribution in [3.05, 3.63) is 85.1 Å². The van der Waals surface area contributed by atoms with Crippen molar-refractivity contribution in [2.75, 3.05) is 40.9 Å². The highest BCUT2D eigenvalue weighted by atomic mass is 31.2. The number of nitrogens with zero attached hydrogens (tertiary/aromatic N) is 1. The number of hydrogen-bond acceptors (Lipinski definition) is 6. The van der Waals surface area contributed by atoms with Crippen LogP contribution >= 0.6 is 7.82 Å². The number of nitrogens with one attached hydrogen (secondary N) is 1. The first-order chi connectivity index (χ1) is 28.4. The molecule has 4 N–H and O–H groups in total. The van der Waals surface area contributed by atoms with E-state index in [1.165, 1.54) is 38.5 Å². The van der Waals surface area contributed by atoms with Gasteiger partial charge in [0.15, 0.2) is 0 Å². The molecule has 1 amide bonds. The third-order valence-corrected chi connectivity index (χ3v) is 10.8. The van der Waals surface area contributed by atoms with Crippen molar-refractivity contribution in [3.63, 3.8) is 0 Å². The Morgan fingerprint density at radius 1 is 0.627 bits per heavy atom. The van der Waals surface area contributed by atoms with Gasteiger partial charge in [-0.15, -0.1) is 0 Å². The quantitative estimate of drug-likeness (QED) is 0.0209. The second-order valence-corrected chi connectivity index (χ2v) is 18.0. The normalized spacial score (nSPS) is 15.6. The van der Waals surface area contributed by atoms with Crippen molar-refractivity contribution in [3.8, 4) is 0 Å². The van der Waals surface area contributed by atoms with E-state index in [9.17, 15) is 24.5 Å². The zero-order chi connectivity index (χ0) is 43.7. The fourth-order valence-corrected chi connectivity index (χ4v) is 6.85. The summed E-state index contributed by atoms with van der Waals surface area (Å²) in [6, 6.07) is -1.07. The topological polar surface area (TPSA) is 125 Å². The van der Waals surface area contributed by atoms with Crippen molar-refractivity contribution in [1.82, 2.24) is 5.32 Å². The highest BCUT2D eigenvalue weighted by molar-refractivity contribution is 7.47. The van der Waals surface area contributed by atoms with E-state index in [1.807, 2.05) is 28.1 Å². The first kappa shape index (κ1) is 56.6. The van der Waals surface area contributed by atoms with Gasteiger partial charge in [-0.3, -0.25) is 13.8 Å². The molecule has 0 aliphatic heterocycles. The minimum Gasteiger partial charge on any atom is -0.390 e. The predicted molar refractivity (Wildman–Crippen MR) is 250 cm³/mol. The number of hydrogen-bond donors (Lipinski definition) is 4. The molecule has 0 aliphatic rings.